The highest BCUT2D eigenvalue weighted by Gasteiger charge is 2.31. The smallest absolute Gasteiger partial charge is 0.254 e. The van der Waals surface area contributed by atoms with Crippen molar-refractivity contribution in [3.63, 3.8) is 0 Å². The summed E-state index contributed by atoms with van der Waals surface area (Å²) in [6.45, 7) is 0. The van der Waals surface area contributed by atoms with E-state index in [1.807, 2.05) is 0 Å². The number of hydrogen-bond acceptors (Lipinski definition) is 2. The Morgan fingerprint density at radius 2 is 2.00 bits per heavy atom. The zero-order valence-corrected chi connectivity index (χ0v) is 9.88. The summed E-state index contributed by atoms with van der Waals surface area (Å²) in [5.41, 5.74) is 0.296. The topological polar surface area (TPSA) is 32.9 Å². The summed E-state index contributed by atoms with van der Waals surface area (Å²) >= 11 is 19.5. The van der Waals surface area contributed by atoms with Crippen LogP contribution in [0.5, 0.6) is 0 Å². The van der Waals surface area contributed by atoms with Gasteiger partial charge in [-0.3, -0.25) is 4.79 Å². The van der Waals surface area contributed by atoms with Crippen molar-refractivity contribution >= 4 is 53.2 Å². The number of H-pyrrole nitrogens is 1. The van der Waals surface area contributed by atoms with Crippen LogP contribution >= 0.6 is 47.4 Å². The fourth-order valence-corrected chi connectivity index (χ4v) is 0.930. The molecule has 0 bridgehead atoms. The van der Waals surface area contributed by atoms with Crippen LogP contribution in [0.15, 0.2) is 18.3 Å². The molecule has 6 heteroatoms. The van der Waals surface area contributed by atoms with Crippen LogP contribution in [0, 0.1) is 0 Å². The molecule has 0 amide bonds. The van der Waals surface area contributed by atoms with E-state index in [0.717, 1.165) is 0 Å². The molecule has 0 fully saturated rings. The predicted molar refractivity (Wildman–Crippen MR) is 60.3 cm³/mol. The van der Waals surface area contributed by atoms with Crippen LogP contribution in [0.25, 0.3) is 0 Å². The molecule has 0 saturated carbocycles. The van der Waals surface area contributed by atoms with E-state index in [0.29, 0.717) is 5.69 Å². The van der Waals surface area contributed by atoms with Crippen molar-refractivity contribution in [1.29, 1.82) is 0 Å². The lowest BCUT2D eigenvalue weighted by Crippen LogP contribution is -2.18. The van der Waals surface area contributed by atoms with E-state index in [9.17, 15) is 4.79 Å². The van der Waals surface area contributed by atoms with E-state index in [-0.39, 0.29) is 0 Å². The number of hydrogen-bond donors (Lipinski definition) is 2. The Morgan fingerprint density at radius 3 is 2.31 bits per heavy atom. The van der Waals surface area contributed by atoms with Crippen molar-refractivity contribution in [3.05, 3.63) is 24.0 Å². The SMILES string of the molecule is CS.O=C(c1ccc[nH]1)C(Cl)(Cl)Cl. The molecule has 74 valence electrons. The average Bonchev–Trinajstić information content (AvgIpc) is 2.57. The largest absolute Gasteiger partial charge is 0.359 e. The zero-order chi connectivity index (χ0) is 10.5. The van der Waals surface area contributed by atoms with Crippen LogP contribution in [0.3, 0.4) is 0 Å². The molecule has 0 atom stereocenters. The van der Waals surface area contributed by atoms with Crippen molar-refractivity contribution in [2.24, 2.45) is 0 Å². The first-order valence-corrected chi connectivity index (χ1v) is 5.24. The molecule has 0 aliphatic heterocycles. The normalized spacial score (nSPS) is 10.2. The standard InChI is InChI=1S/C6H4Cl3NO.CH4S/c7-6(8,9)5(11)4-2-1-3-10-4;1-2/h1-3,10H;2H,1H3. The van der Waals surface area contributed by atoms with Gasteiger partial charge in [0.15, 0.2) is 0 Å². The number of Topliss-reactive ketones (excluding diaryl/α,β-unsaturated/α-hetero) is 1. The van der Waals surface area contributed by atoms with E-state index in [1.165, 1.54) is 0 Å². The lowest BCUT2D eigenvalue weighted by molar-refractivity contribution is 0.0992. The minimum absolute atomic E-state index is 0.296. The quantitative estimate of drug-likeness (QED) is 0.454. The Bertz CT molecular complexity index is 255. The van der Waals surface area contributed by atoms with Crippen molar-refractivity contribution in [3.8, 4) is 0 Å². The average molecular weight is 261 g/mol. The van der Waals surface area contributed by atoms with Crippen LogP contribution in [0.4, 0.5) is 0 Å². The summed E-state index contributed by atoms with van der Waals surface area (Å²) in [5.74, 6) is -0.549. The van der Waals surface area contributed by atoms with Gasteiger partial charge in [0.05, 0.1) is 5.69 Å². The van der Waals surface area contributed by atoms with E-state index in [4.69, 9.17) is 34.8 Å². The molecule has 0 saturated heterocycles. The fraction of sp³-hybridized carbons (Fsp3) is 0.286. The van der Waals surface area contributed by atoms with Crippen molar-refractivity contribution in [2.45, 2.75) is 3.79 Å². The molecule has 1 N–H and O–H groups in total. The van der Waals surface area contributed by atoms with Crippen LogP contribution in [0.1, 0.15) is 10.5 Å². The molecule has 1 aromatic rings. The maximum atomic E-state index is 11.1. The van der Waals surface area contributed by atoms with Gasteiger partial charge in [-0.25, -0.2) is 0 Å². The first-order valence-electron chi connectivity index (χ1n) is 3.21. The van der Waals surface area contributed by atoms with Gasteiger partial charge in [0, 0.05) is 6.20 Å². The molecule has 0 spiro atoms. The molecular weight excluding hydrogens is 253 g/mol. The van der Waals surface area contributed by atoms with Crippen molar-refractivity contribution in [1.82, 2.24) is 4.98 Å². The summed E-state index contributed by atoms with van der Waals surface area (Å²) in [6, 6.07) is 3.20. The number of halogens is 3. The van der Waals surface area contributed by atoms with E-state index < -0.39 is 9.58 Å². The highest BCUT2D eigenvalue weighted by molar-refractivity contribution is 7.79. The predicted octanol–water partition coefficient (Wildman–Crippen LogP) is 3.11. The fourth-order valence-electron chi connectivity index (χ4n) is 0.624. The summed E-state index contributed by atoms with van der Waals surface area (Å²) < 4.78 is -1.87. The molecule has 1 aromatic heterocycles. The summed E-state index contributed by atoms with van der Waals surface area (Å²) in [7, 11) is 0. The van der Waals surface area contributed by atoms with Crippen molar-refractivity contribution in [2.75, 3.05) is 6.26 Å². The van der Waals surface area contributed by atoms with Crippen LogP contribution < -0.4 is 0 Å². The molecule has 0 aromatic carbocycles. The lowest BCUT2D eigenvalue weighted by atomic mass is 10.3. The van der Waals surface area contributed by atoms with Crippen molar-refractivity contribution < 1.29 is 4.79 Å². The number of rotatable bonds is 1. The Morgan fingerprint density at radius 1 is 1.46 bits per heavy atom. The number of thiol groups is 1. The number of carbonyl (C=O) groups excluding carboxylic acids is 1. The molecule has 0 aliphatic rings. The minimum atomic E-state index is -1.87. The van der Waals surface area contributed by atoms with Gasteiger partial charge in [0.1, 0.15) is 0 Å². The number of ketones is 1. The molecule has 0 aliphatic carbocycles. The third kappa shape index (κ3) is 4.27. The Labute approximate surface area is 97.0 Å². The van der Waals surface area contributed by atoms with Gasteiger partial charge in [-0.15, -0.1) is 0 Å². The first kappa shape index (κ1) is 13.2. The van der Waals surface area contributed by atoms with Gasteiger partial charge in [0.25, 0.3) is 3.79 Å². The maximum Gasteiger partial charge on any atom is 0.254 e. The number of aromatic nitrogens is 1. The van der Waals surface area contributed by atoms with Crippen LogP contribution in [-0.2, 0) is 0 Å². The second-order valence-electron chi connectivity index (χ2n) is 1.91. The second-order valence-corrected chi connectivity index (χ2v) is 4.19. The third-order valence-electron chi connectivity index (χ3n) is 1.10. The molecule has 0 unspecified atom stereocenters. The molecule has 1 heterocycles. The molecule has 2 nitrogen and oxygen atoms in total. The highest BCUT2D eigenvalue weighted by Crippen LogP contribution is 2.29. The van der Waals surface area contributed by atoms with E-state index in [1.54, 1.807) is 24.6 Å². The number of nitrogens with one attached hydrogen (secondary N) is 1. The van der Waals surface area contributed by atoms with Crippen LogP contribution in [0.2, 0.25) is 0 Å². The number of alkyl halides is 3. The molecule has 0 radical (unpaired) electrons. The van der Waals surface area contributed by atoms with E-state index in [2.05, 4.69) is 17.6 Å². The molecule has 13 heavy (non-hydrogen) atoms. The maximum absolute atomic E-state index is 11.1. The molecule has 1 rings (SSSR count). The van der Waals surface area contributed by atoms with Gasteiger partial charge in [-0.05, 0) is 18.4 Å². The third-order valence-corrected chi connectivity index (χ3v) is 1.61. The van der Waals surface area contributed by atoms with Crippen LogP contribution in [-0.4, -0.2) is 20.8 Å². The first-order chi connectivity index (χ1) is 6.02. The Balaban J connectivity index is 0.000000671. The highest BCUT2D eigenvalue weighted by atomic mass is 35.6. The monoisotopic (exact) mass is 259 g/mol. The number of aromatic amines is 1. The Hall–Kier alpha value is 0.170. The van der Waals surface area contributed by atoms with Gasteiger partial charge in [0.2, 0.25) is 5.78 Å². The zero-order valence-electron chi connectivity index (χ0n) is 6.72. The van der Waals surface area contributed by atoms with Gasteiger partial charge in [-0.1, -0.05) is 34.8 Å². The minimum Gasteiger partial charge on any atom is -0.359 e. The van der Waals surface area contributed by atoms with E-state index >= 15 is 0 Å². The summed E-state index contributed by atoms with van der Waals surface area (Å²) in [4.78, 5) is 13.7. The van der Waals surface area contributed by atoms with Gasteiger partial charge in [-0.2, -0.15) is 12.6 Å². The summed E-state index contributed by atoms with van der Waals surface area (Å²) in [6.07, 6.45) is 3.28. The molecular formula is C7H8Cl3NOS. The lowest BCUT2D eigenvalue weighted by Gasteiger charge is -2.06. The van der Waals surface area contributed by atoms with Gasteiger partial charge < -0.3 is 4.98 Å². The number of carbonyl (C=O) groups is 1. The summed E-state index contributed by atoms with van der Waals surface area (Å²) in [5, 5.41) is 0. The van der Waals surface area contributed by atoms with Gasteiger partial charge >= 0.3 is 0 Å². The second kappa shape index (κ2) is 5.81. The Kier molecular flexibility index (Phi) is 5.88.